The van der Waals surface area contributed by atoms with Gasteiger partial charge >= 0.3 is 0 Å². The van der Waals surface area contributed by atoms with Gasteiger partial charge in [-0.25, -0.2) is 8.42 Å². The second-order valence-electron chi connectivity index (χ2n) is 5.11. The van der Waals surface area contributed by atoms with Crippen LogP contribution in [0, 0.1) is 0 Å². The summed E-state index contributed by atoms with van der Waals surface area (Å²) in [6.07, 6.45) is 0.689. The predicted octanol–water partition coefficient (Wildman–Crippen LogP) is 0.342. The lowest BCUT2D eigenvalue weighted by Gasteiger charge is -2.33. The molecule has 0 radical (unpaired) electrons. The molecule has 0 aromatic heterocycles. The molecule has 1 saturated heterocycles. The molecule has 1 aliphatic heterocycles. The number of hydrogen-bond acceptors (Lipinski definition) is 4. The molecule has 0 unspecified atom stereocenters. The number of nitrogens with zero attached hydrogens (tertiary/aromatic N) is 2. The third kappa shape index (κ3) is 5.22. The average molecular weight is 277 g/mol. The van der Waals surface area contributed by atoms with E-state index < -0.39 is 10.0 Å². The van der Waals surface area contributed by atoms with Crippen molar-refractivity contribution in [1.29, 1.82) is 0 Å². The van der Waals surface area contributed by atoms with Crippen LogP contribution in [0.3, 0.4) is 0 Å². The normalized spacial score (nSPS) is 19.6. The maximum Gasteiger partial charge on any atom is 0.214 e. The molecule has 6 heteroatoms. The first-order valence-corrected chi connectivity index (χ1v) is 8.50. The molecule has 1 N–H and O–H groups in total. The van der Waals surface area contributed by atoms with Crippen LogP contribution in [0.4, 0.5) is 0 Å². The Kier molecular flexibility index (Phi) is 6.55. The summed E-state index contributed by atoms with van der Waals surface area (Å²) < 4.78 is 25.9. The molecular weight excluding hydrogens is 250 g/mol. The lowest BCUT2D eigenvalue weighted by molar-refractivity contribution is 0.196. The van der Waals surface area contributed by atoms with Gasteiger partial charge in [-0.05, 0) is 19.5 Å². The van der Waals surface area contributed by atoms with Crippen molar-refractivity contribution >= 4 is 10.0 Å². The van der Waals surface area contributed by atoms with Gasteiger partial charge in [-0.2, -0.15) is 4.31 Å². The molecule has 0 aromatic rings. The number of sulfonamides is 1. The number of nitrogens with one attached hydrogen (secondary N) is 1. The van der Waals surface area contributed by atoms with Crippen molar-refractivity contribution in [2.75, 3.05) is 45.0 Å². The smallest absolute Gasteiger partial charge is 0.214 e. The van der Waals surface area contributed by atoms with Gasteiger partial charge in [0.25, 0.3) is 0 Å². The van der Waals surface area contributed by atoms with Crippen LogP contribution in [-0.4, -0.2) is 68.7 Å². The van der Waals surface area contributed by atoms with E-state index in [4.69, 9.17) is 0 Å². The van der Waals surface area contributed by atoms with Crippen molar-refractivity contribution in [2.24, 2.45) is 0 Å². The van der Waals surface area contributed by atoms with Crippen LogP contribution in [0.5, 0.6) is 0 Å². The Hall–Kier alpha value is -0.170. The third-order valence-corrected chi connectivity index (χ3v) is 5.26. The second kappa shape index (κ2) is 7.43. The minimum Gasteiger partial charge on any atom is -0.314 e. The Labute approximate surface area is 112 Å². The molecule has 1 heterocycles. The van der Waals surface area contributed by atoms with E-state index in [1.807, 2.05) is 0 Å². The fraction of sp³-hybridized carbons (Fsp3) is 1.00. The van der Waals surface area contributed by atoms with Gasteiger partial charge < -0.3 is 10.2 Å². The Morgan fingerprint density at radius 2 is 1.78 bits per heavy atom. The first kappa shape index (κ1) is 15.9. The van der Waals surface area contributed by atoms with Crippen molar-refractivity contribution in [3.8, 4) is 0 Å². The molecule has 0 aromatic carbocycles. The van der Waals surface area contributed by atoms with E-state index in [9.17, 15) is 8.42 Å². The highest BCUT2D eigenvalue weighted by Gasteiger charge is 2.25. The Balaban J connectivity index is 2.31. The molecule has 0 bridgehead atoms. The zero-order chi connectivity index (χ0) is 13.6. The summed E-state index contributed by atoms with van der Waals surface area (Å²) in [6, 6.07) is 0.417. The van der Waals surface area contributed by atoms with E-state index in [1.54, 1.807) is 4.31 Å². The van der Waals surface area contributed by atoms with Crippen LogP contribution in [-0.2, 0) is 10.0 Å². The molecule has 0 atom stereocenters. The van der Waals surface area contributed by atoms with Crippen LogP contribution in [0.2, 0.25) is 0 Å². The number of rotatable bonds is 7. The molecule has 0 amide bonds. The highest BCUT2D eigenvalue weighted by molar-refractivity contribution is 7.89. The highest BCUT2D eigenvalue weighted by atomic mass is 32.2. The van der Waals surface area contributed by atoms with Gasteiger partial charge in [0.05, 0.1) is 5.75 Å². The summed E-state index contributed by atoms with van der Waals surface area (Å²) in [5.74, 6) is 0.263. The SMILES string of the molecule is CCN1CCN(S(=O)(=O)CCCNC(C)C)CC1. The third-order valence-electron chi connectivity index (χ3n) is 3.30. The van der Waals surface area contributed by atoms with Gasteiger partial charge in [0.1, 0.15) is 0 Å². The first-order chi connectivity index (χ1) is 8.45. The van der Waals surface area contributed by atoms with Gasteiger partial charge in [-0.15, -0.1) is 0 Å². The molecule has 0 saturated carbocycles. The largest absolute Gasteiger partial charge is 0.314 e. The van der Waals surface area contributed by atoms with E-state index in [-0.39, 0.29) is 5.75 Å². The fourth-order valence-electron chi connectivity index (χ4n) is 2.10. The van der Waals surface area contributed by atoms with E-state index in [1.165, 1.54) is 0 Å². The van der Waals surface area contributed by atoms with Crippen molar-refractivity contribution in [1.82, 2.24) is 14.5 Å². The minimum absolute atomic E-state index is 0.263. The Morgan fingerprint density at radius 3 is 2.28 bits per heavy atom. The Bertz CT molecular complexity index is 322. The summed E-state index contributed by atoms with van der Waals surface area (Å²) in [5, 5.41) is 3.25. The molecule has 1 rings (SSSR count). The minimum atomic E-state index is -3.05. The van der Waals surface area contributed by atoms with Crippen LogP contribution >= 0.6 is 0 Å². The molecule has 1 aliphatic rings. The van der Waals surface area contributed by atoms with Gasteiger partial charge in [0, 0.05) is 32.2 Å². The van der Waals surface area contributed by atoms with E-state index in [0.717, 1.165) is 26.2 Å². The van der Waals surface area contributed by atoms with Crippen LogP contribution in [0.15, 0.2) is 0 Å². The average Bonchev–Trinajstić information content (AvgIpc) is 2.34. The van der Waals surface area contributed by atoms with Crippen molar-refractivity contribution in [2.45, 2.75) is 33.2 Å². The molecule has 0 aliphatic carbocycles. The summed E-state index contributed by atoms with van der Waals surface area (Å²) in [6.45, 7) is 11.0. The van der Waals surface area contributed by atoms with E-state index in [0.29, 0.717) is 25.6 Å². The second-order valence-corrected chi connectivity index (χ2v) is 7.20. The fourth-order valence-corrected chi connectivity index (χ4v) is 3.59. The number of piperazine rings is 1. The van der Waals surface area contributed by atoms with Crippen molar-refractivity contribution in [3.05, 3.63) is 0 Å². The maximum atomic E-state index is 12.1. The monoisotopic (exact) mass is 277 g/mol. The standard InChI is InChI=1S/C12H27N3O2S/c1-4-14-7-9-15(10-8-14)18(16,17)11-5-6-13-12(2)3/h12-13H,4-11H2,1-3H3. The molecule has 5 nitrogen and oxygen atoms in total. The quantitative estimate of drug-likeness (QED) is 0.682. The summed E-state index contributed by atoms with van der Waals surface area (Å²) in [5.41, 5.74) is 0. The summed E-state index contributed by atoms with van der Waals surface area (Å²) >= 11 is 0. The molecular formula is C12H27N3O2S. The van der Waals surface area contributed by atoms with E-state index in [2.05, 4.69) is 31.0 Å². The van der Waals surface area contributed by atoms with Crippen molar-refractivity contribution < 1.29 is 8.42 Å². The highest BCUT2D eigenvalue weighted by Crippen LogP contribution is 2.08. The summed E-state index contributed by atoms with van der Waals surface area (Å²) in [7, 11) is -3.05. The number of likely N-dealkylation sites (N-methyl/N-ethyl adjacent to an activating group) is 1. The summed E-state index contributed by atoms with van der Waals surface area (Å²) in [4.78, 5) is 2.28. The first-order valence-electron chi connectivity index (χ1n) is 6.89. The molecule has 18 heavy (non-hydrogen) atoms. The maximum absolute atomic E-state index is 12.1. The lowest BCUT2D eigenvalue weighted by Crippen LogP contribution is -2.49. The number of hydrogen-bond donors (Lipinski definition) is 1. The topological polar surface area (TPSA) is 52.7 Å². The zero-order valence-corrected chi connectivity index (χ0v) is 12.7. The van der Waals surface area contributed by atoms with Gasteiger partial charge in [0.15, 0.2) is 0 Å². The van der Waals surface area contributed by atoms with Gasteiger partial charge in [-0.3, -0.25) is 0 Å². The predicted molar refractivity (Wildman–Crippen MR) is 75.2 cm³/mol. The molecule has 1 fully saturated rings. The van der Waals surface area contributed by atoms with Crippen LogP contribution in [0.25, 0.3) is 0 Å². The van der Waals surface area contributed by atoms with E-state index >= 15 is 0 Å². The Morgan fingerprint density at radius 1 is 1.17 bits per heavy atom. The zero-order valence-electron chi connectivity index (χ0n) is 11.9. The van der Waals surface area contributed by atoms with Crippen LogP contribution in [0.1, 0.15) is 27.2 Å². The van der Waals surface area contributed by atoms with Crippen molar-refractivity contribution in [3.63, 3.8) is 0 Å². The molecule has 0 spiro atoms. The van der Waals surface area contributed by atoms with Gasteiger partial charge in [0.2, 0.25) is 10.0 Å². The van der Waals surface area contributed by atoms with Crippen LogP contribution < -0.4 is 5.32 Å². The van der Waals surface area contributed by atoms with Gasteiger partial charge in [-0.1, -0.05) is 20.8 Å². The lowest BCUT2D eigenvalue weighted by atomic mass is 10.4. The molecule has 108 valence electrons.